The van der Waals surface area contributed by atoms with Crippen LogP contribution in [0.3, 0.4) is 0 Å². The van der Waals surface area contributed by atoms with E-state index in [1.165, 1.54) is 45.0 Å². The van der Waals surface area contributed by atoms with Gasteiger partial charge < -0.3 is 4.74 Å². The number of fused-ring (bicyclic) bond motifs is 1. The predicted molar refractivity (Wildman–Crippen MR) is 132 cm³/mol. The molecule has 0 atom stereocenters. The first-order valence-corrected chi connectivity index (χ1v) is 10.5. The number of rotatable bonds is 3. The van der Waals surface area contributed by atoms with Crippen LogP contribution in [0.25, 0.3) is 55.4 Å². The van der Waals surface area contributed by atoms with Crippen molar-refractivity contribution in [1.82, 2.24) is 4.98 Å². The molecule has 0 saturated heterocycles. The number of esters is 1. The fourth-order valence-electron chi connectivity index (χ4n) is 4.56. The molecule has 0 saturated carbocycles. The number of methoxy groups -OCH3 is 1. The fourth-order valence-corrected chi connectivity index (χ4v) is 4.56. The summed E-state index contributed by atoms with van der Waals surface area (Å²) < 4.78 is 4.80. The summed E-state index contributed by atoms with van der Waals surface area (Å²) in [5.74, 6) is -0.343. The highest BCUT2D eigenvalue weighted by atomic mass is 16.5. The van der Waals surface area contributed by atoms with Gasteiger partial charge in [-0.05, 0) is 68.2 Å². The van der Waals surface area contributed by atoms with Crippen LogP contribution in [0.1, 0.15) is 21.6 Å². The lowest BCUT2D eigenvalue weighted by atomic mass is 9.92. The Hall–Kier alpha value is -4.24. The van der Waals surface area contributed by atoms with Crippen LogP contribution in [0.5, 0.6) is 0 Å². The molecular weight excluding hydrogens is 394 g/mol. The van der Waals surface area contributed by atoms with Crippen molar-refractivity contribution in [3.8, 4) is 0 Å². The minimum Gasteiger partial charge on any atom is -0.465 e. The zero-order chi connectivity index (χ0) is 21.7. The molecule has 3 nitrogen and oxygen atoms in total. The van der Waals surface area contributed by atoms with E-state index in [2.05, 4.69) is 60.7 Å². The van der Waals surface area contributed by atoms with Crippen LogP contribution in [0.2, 0.25) is 0 Å². The largest absolute Gasteiger partial charge is 0.465 e. The Bertz CT molecular complexity index is 1660. The maximum Gasteiger partial charge on any atom is 0.337 e. The van der Waals surface area contributed by atoms with Gasteiger partial charge in [-0.3, -0.25) is 0 Å². The lowest BCUT2D eigenvalue weighted by Crippen LogP contribution is -2.00. The lowest BCUT2D eigenvalue weighted by Gasteiger charge is -2.12. The Balaban J connectivity index is 1.43. The van der Waals surface area contributed by atoms with E-state index in [4.69, 9.17) is 9.72 Å². The Labute approximate surface area is 184 Å². The number of pyridine rings is 1. The SMILES string of the molecule is COC(=O)c1ccc2nc(/C=C/c3ccc4ccc5cccc6ccc3c4c56)ccc2c1. The summed E-state index contributed by atoms with van der Waals surface area (Å²) in [6.07, 6.45) is 4.17. The first-order chi connectivity index (χ1) is 15.7. The van der Waals surface area contributed by atoms with Crippen LogP contribution >= 0.6 is 0 Å². The normalized spacial score (nSPS) is 11.9. The third-order valence-corrected chi connectivity index (χ3v) is 6.13. The summed E-state index contributed by atoms with van der Waals surface area (Å²) in [6, 6.07) is 29.0. The van der Waals surface area contributed by atoms with Crippen molar-refractivity contribution in [3.63, 3.8) is 0 Å². The second-order valence-electron chi connectivity index (χ2n) is 7.98. The average molecular weight is 413 g/mol. The number of nitrogens with zero attached hydrogens (tertiary/aromatic N) is 1. The molecule has 0 radical (unpaired) electrons. The molecule has 1 heterocycles. The molecule has 152 valence electrons. The molecule has 0 unspecified atom stereocenters. The summed E-state index contributed by atoms with van der Waals surface area (Å²) in [4.78, 5) is 16.5. The van der Waals surface area contributed by atoms with Gasteiger partial charge in [-0.25, -0.2) is 9.78 Å². The standard InChI is InChI=1S/C29H19NO2/c1-32-29(31)23-12-16-26-22(17-23)10-14-24(30-26)13-9-18-5-6-21-8-7-19-3-2-4-20-11-15-25(18)28(21)27(19)20/h2-17H,1H3/b13-9+. The molecule has 0 fully saturated rings. The molecule has 32 heavy (non-hydrogen) atoms. The second kappa shape index (κ2) is 7.17. The molecule has 0 aliphatic heterocycles. The van der Waals surface area contributed by atoms with E-state index in [-0.39, 0.29) is 5.97 Å². The highest BCUT2D eigenvalue weighted by Gasteiger charge is 2.10. The Morgan fingerprint density at radius 3 is 2.28 bits per heavy atom. The quantitative estimate of drug-likeness (QED) is 0.230. The summed E-state index contributed by atoms with van der Waals surface area (Å²) in [5, 5.41) is 8.58. The van der Waals surface area contributed by atoms with Gasteiger partial charge in [0.15, 0.2) is 0 Å². The molecule has 0 N–H and O–H groups in total. The Kier molecular flexibility index (Phi) is 4.15. The van der Waals surface area contributed by atoms with Crippen LogP contribution in [-0.4, -0.2) is 18.1 Å². The first kappa shape index (κ1) is 18.5. The molecule has 5 aromatic carbocycles. The van der Waals surface area contributed by atoms with Crippen LogP contribution in [0.4, 0.5) is 0 Å². The molecular formula is C29H19NO2. The second-order valence-corrected chi connectivity index (χ2v) is 7.98. The highest BCUT2D eigenvalue weighted by molar-refractivity contribution is 6.24. The maximum absolute atomic E-state index is 11.8. The van der Waals surface area contributed by atoms with Crippen molar-refractivity contribution < 1.29 is 9.53 Å². The minimum atomic E-state index is -0.343. The van der Waals surface area contributed by atoms with Gasteiger partial charge >= 0.3 is 5.97 Å². The molecule has 3 heteroatoms. The summed E-state index contributed by atoms with van der Waals surface area (Å²) in [6.45, 7) is 0. The number of carbonyl (C=O) groups excluding carboxylic acids is 1. The van der Waals surface area contributed by atoms with E-state index in [1.807, 2.05) is 30.3 Å². The van der Waals surface area contributed by atoms with Crippen molar-refractivity contribution >= 4 is 61.3 Å². The average Bonchev–Trinajstić information content (AvgIpc) is 2.85. The van der Waals surface area contributed by atoms with Gasteiger partial charge in [-0.2, -0.15) is 0 Å². The number of aromatic nitrogens is 1. The molecule has 6 rings (SSSR count). The van der Waals surface area contributed by atoms with Gasteiger partial charge in [0.05, 0.1) is 23.9 Å². The molecule has 0 aliphatic carbocycles. The molecule has 0 amide bonds. The van der Waals surface area contributed by atoms with Gasteiger partial charge in [-0.15, -0.1) is 0 Å². The van der Waals surface area contributed by atoms with Gasteiger partial charge in [0.2, 0.25) is 0 Å². The zero-order valence-electron chi connectivity index (χ0n) is 17.5. The molecule has 0 aliphatic rings. The molecule has 6 aromatic rings. The number of hydrogen-bond donors (Lipinski definition) is 0. The van der Waals surface area contributed by atoms with E-state index >= 15 is 0 Å². The minimum absolute atomic E-state index is 0.343. The van der Waals surface area contributed by atoms with Crippen molar-refractivity contribution in [3.05, 3.63) is 102 Å². The summed E-state index contributed by atoms with van der Waals surface area (Å²) in [5.41, 5.74) is 3.40. The van der Waals surface area contributed by atoms with Crippen LogP contribution in [-0.2, 0) is 4.74 Å². The highest BCUT2D eigenvalue weighted by Crippen LogP contribution is 2.36. The van der Waals surface area contributed by atoms with Gasteiger partial charge in [0, 0.05) is 5.39 Å². The summed E-state index contributed by atoms with van der Waals surface area (Å²) >= 11 is 0. The van der Waals surface area contributed by atoms with E-state index < -0.39 is 0 Å². The number of benzene rings is 5. The van der Waals surface area contributed by atoms with Crippen molar-refractivity contribution in [1.29, 1.82) is 0 Å². The van der Waals surface area contributed by atoms with Gasteiger partial charge in [-0.1, -0.05) is 66.7 Å². The Morgan fingerprint density at radius 2 is 1.47 bits per heavy atom. The maximum atomic E-state index is 11.8. The van der Waals surface area contributed by atoms with Crippen LogP contribution in [0.15, 0.2) is 84.9 Å². The summed E-state index contributed by atoms with van der Waals surface area (Å²) in [7, 11) is 1.39. The van der Waals surface area contributed by atoms with E-state index in [0.29, 0.717) is 5.56 Å². The van der Waals surface area contributed by atoms with Gasteiger partial charge in [0.25, 0.3) is 0 Å². The number of hydrogen-bond acceptors (Lipinski definition) is 3. The van der Waals surface area contributed by atoms with E-state index in [1.54, 1.807) is 6.07 Å². The topological polar surface area (TPSA) is 39.2 Å². The lowest BCUT2D eigenvalue weighted by molar-refractivity contribution is 0.0601. The predicted octanol–water partition coefficient (Wildman–Crippen LogP) is 7.09. The Morgan fingerprint density at radius 1 is 0.750 bits per heavy atom. The number of carbonyl (C=O) groups is 1. The fraction of sp³-hybridized carbons (Fsp3) is 0.0345. The van der Waals surface area contributed by atoms with Crippen LogP contribution in [0, 0.1) is 0 Å². The van der Waals surface area contributed by atoms with E-state index in [9.17, 15) is 4.79 Å². The third-order valence-electron chi connectivity index (χ3n) is 6.13. The van der Waals surface area contributed by atoms with Gasteiger partial charge in [0.1, 0.15) is 0 Å². The van der Waals surface area contributed by atoms with Crippen molar-refractivity contribution in [2.24, 2.45) is 0 Å². The van der Waals surface area contributed by atoms with Crippen molar-refractivity contribution in [2.75, 3.05) is 7.11 Å². The first-order valence-electron chi connectivity index (χ1n) is 10.5. The molecule has 0 bridgehead atoms. The van der Waals surface area contributed by atoms with Crippen molar-refractivity contribution in [2.45, 2.75) is 0 Å². The van der Waals surface area contributed by atoms with Crippen LogP contribution < -0.4 is 0 Å². The third kappa shape index (κ3) is 2.90. The molecule has 1 aromatic heterocycles. The monoisotopic (exact) mass is 413 g/mol. The van der Waals surface area contributed by atoms with E-state index in [0.717, 1.165) is 16.6 Å². The number of ether oxygens (including phenoxy) is 1. The molecule has 0 spiro atoms. The smallest absolute Gasteiger partial charge is 0.337 e. The zero-order valence-corrected chi connectivity index (χ0v) is 17.5.